The minimum Gasteiger partial charge on any atom is -0.394 e. The molecule has 1 aliphatic carbocycles. The lowest BCUT2D eigenvalue weighted by Gasteiger charge is -2.37. The van der Waals surface area contributed by atoms with Crippen molar-refractivity contribution in [2.24, 2.45) is 5.92 Å². The standard InChI is InChI=1S/C14H26N2O3/c1-2-15-12-9-19-8-11(12)13(18)16-14(10-17)6-4-3-5-7-14/h11-12,15,17H,2-10H2,1H3,(H,16,18). The molecule has 110 valence electrons. The molecule has 3 N–H and O–H groups in total. The number of hydrogen-bond donors (Lipinski definition) is 3. The van der Waals surface area contributed by atoms with E-state index in [0.29, 0.717) is 13.2 Å². The summed E-state index contributed by atoms with van der Waals surface area (Å²) in [6.07, 6.45) is 5.13. The fourth-order valence-electron chi connectivity index (χ4n) is 3.18. The number of nitrogens with one attached hydrogen (secondary N) is 2. The Morgan fingerprint density at radius 3 is 2.68 bits per heavy atom. The molecule has 2 fully saturated rings. The van der Waals surface area contributed by atoms with E-state index in [4.69, 9.17) is 4.74 Å². The summed E-state index contributed by atoms with van der Waals surface area (Å²) in [6.45, 7) is 3.98. The molecule has 19 heavy (non-hydrogen) atoms. The Bertz CT molecular complexity index is 303. The van der Waals surface area contributed by atoms with Crippen molar-refractivity contribution in [1.29, 1.82) is 0 Å². The quantitative estimate of drug-likeness (QED) is 0.677. The maximum absolute atomic E-state index is 12.4. The van der Waals surface area contributed by atoms with E-state index in [0.717, 1.165) is 32.2 Å². The van der Waals surface area contributed by atoms with Gasteiger partial charge in [0.1, 0.15) is 0 Å². The van der Waals surface area contributed by atoms with Crippen LogP contribution in [0, 0.1) is 5.92 Å². The van der Waals surface area contributed by atoms with Gasteiger partial charge in [-0.2, -0.15) is 0 Å². The van der Waals surface area contributed by atoms with Gasteiger partial charge in [-0.05, 0) is 19.4 Å². The second kappa shape index (κ2) is 6.68. The fourth-order valence-corrected chi connectivity index (χ4v) is 3.18. The zero-order valence-corrected chi connectivity index (χ0v) is 11.8. The van der Waals surface area contributed by atoms with Crippen LogP contribution in [-0.4, -0.2) is 49.0 Å². The molecule has 1 saturated carbocycles. The largest absolute Gasteiger partial charge is 0.394 e. The Kier molecular flexibility index (Phi) is 5.19. The first-order valence-corrected chi connectivity index (χ1v) is 7.45. The number of ether oxygens (including phenoxy) is 1. The van der Waals surface area contributed by atoms with Gasteiger partial charge in [0.25, 0.3) is 0 Å². The first kappa shape index (κ1) is 14.8. The number of aliphatic hydroxyl groups is 1. The Morgan fingerprint density at radius 2 is 2.05 bits per heavy atom. The van der Waals surface area contributed by atoms with E-state index in [9.17, 15) is 9.90 Å². The SMILES string of the molecule is CCNC1COCC1C(=O)NC1(CO)CCCCC1. The van der Waals surface area contributed by atoms with Gasteiger partial charge < -0.3 is 20.5 Å². The highest BCUT2D eigenvalue weighted by Crippen LogP contribution is 2.28. The Morgan fingerprint density at radius 1 is 1.32 bits per heavy atom. The number of carbonyl (C=O) groups excluding carboxylic acids is 1. The Balaban J connectivity index is 1.95. The summed E-state index contributed by atoms with van der Waals surface area (Å²) in [6, 6.07) is 0.101. The van der Waals surface area contributed by atoms with Crippen LogP contribution in [0.2, 0.25) is 0 Å². The lowest BCUT2D eigenvalue weighted by Crippen LogP contribution is -2.56. The van der Waals surface area contributed by atoms with Crippen LogP contribution in [0.4, 0.5) is 0 Å². The van der Waals surface area contributed by atoms with E-state index in [1.165, 1.54) is 6.42 Å². The smallest absolute Gasteiger partial charge is 0.227 e. The van der Waals surface area contributed by atoms with Gasteiger partial charge in [0, 0.05) is 6.04 Å². The molecule has 0 radical (unpaired) electrons. The number of aliphatic hydroxyl groups excluding tert-OH is 1. The normalized spacial score (nSPS) is 30.2. The molecule has 0 bridgehead atoms. The highest BCUT2D eigenvalue weighted by molar-refractivity contribution is 5.80. The van der Waals surface area contributed by atoms with Gasteiger partial charge in [0.2, 0.25) is 5.91 Å². The lowest BCUT2D eigenvalue weighted by molar-refractivity contribution is -0.128. The summed E-state index contributed by atoms with van der Waals surface area (Å²) in [5.41, 5.74) is -0.394. The first-order valence-electron chi connectivity index (χ1n) is 7.45. The Hall–Kier alpha value is -0.650. The van der Waals surface area contributed by atoms with Crippen LogP contribution in [0.15, 0.2) is 0 Å². The van der Waals surface area contributed by atoms with Gasteiger partial charge in [-0.15, -0.1) is 0 Å². The van der Waals surface area contributed by atoms with Crippen LogP contribution in [-0.2, 0) is 9.53 Å². The average molecular weight is 270 g/mol. The summed E-state index contributed by atoms with van der Waals surface area (Å²) < 4.78 is 5.41. The first-order chi connectivity index (χ1) is 9.21. The van der Waals surface area contributed by atoms with Crippen LogP contribution >= 0.6 is 0 Å². The van der Waals surface area contributed by atoms with E-state index < -0.39 is 5.54 Å². The molecule has 2 atom stereocenters. The maximum Gasteiger partial charge on any atom is 0.227 e. The highest BCUT2D eigenvalue weighted by atomic mass is 16.5. The molecule has 1 aliphatic heterocycles. The molecule has 5 nitrogen and oxygen atoms in total. The van der Waals surface area contributed by atoms with Crippen molar-refractivity contribution in [2.75, 3.05) is 26.4 Å². The van der Waals surface area contributed by atoms with Crippen molar-refractivity contribution in [3.63, 3.8) is 0 Å². The molecule has 2 rings (SSSR count). The summed E-state index contributed by atoms with van der Waals surface area (Å²) >= 11 is 0. The van der Waals surface area contributed by atoms with Crippen molar-refractivity contribution < 1.29 is 14.6 Å². The third-order valence-corrected chi connectivity index (χ3v) is 4.39. The van der Waals surface area contributed by atoms with Crippen molar-refractivity contribution in [3.05, 3.63) is 0 Å². The molecule has 2 aliphatic rings. The molecule has 0 aromatic heterocycles. The molecule has 1 saturated heterocycles. The number of rotatable bonds is 5. The number of amides is 1. The molecule has 5 heteroatoms. The monoisotopic (exact) mass is 270 g/mol. The van der Waals surface area contributed by atoms with Crippen molar-refractivity contribution >= 4 is 5.91 Å². The predicted molar refractivity (Wildman–Crippen MR) is 72.8 cm³/mol. The molecule has 1 heterocycles. The number of hydrogen-bond acceptors (Lipinski definition) is 4. The molecule has 2 unspecified atom stereocenters. The van der Waals surface area contributed by atoms with Crippen LogP contribution in [0.3, 0.4) is 0 Å². The number of carbonyl (C=O) groups is 1. The second-order valence-corrected chi connectivity index (χ2v) is 5.80. The van der Waals surface area contributed by atoms with Crippen LogP contribution in [0.25, 0.3) is 0 Å². The third-order valence-electron chi connectivity index (χ3n) is 4.39. The zero-order valence-electron chi connectivity index (χ0n) is 11.8. The maximum atomic E-state index is 12.4. The summed E-state index contributed by atoms with van der Waals surface area (Å²) in [7, 11) is 0. The zero-order chi connectivity index (χ0) is 13.7. The van der Waals surface area contributed by atoms with E-state index in [2.05, 4.69) is 10.6 Å². The number of likely N-dealkylation sites (N-methyl/N-ethyl adjacent to an activating group) is 1. The average Bonchev–Trinajstić information content (AvgIpc) is 2.88. The van der Waals surface area contributed by atoms with Crippen molar-refractivity contribution in [2.45, 2.75) is 50.6 Å². The lowest BCUT2D eigenvalue weighted by atomic mass is 9.81. The van der Waals surface area contributed by atoms with Crippen LogP contribution < -0.4 is 10.6 Å². The Labute approximate surface area is 115 Å². The van der Waals surface area contributed by atoms with Gasteiger partial charge in [-0.3, -0.25) is 4.79 Å². The van der Waals surface area contributed by atoms with Crippen LogP contribution in [0.1, 0.15) is 39.0 Å². The van der Waals surface area contributed by atoms with Gasteiger partial charge >= 0.3 is 0 Å². The second-order valence-electron chi connectivity index (χ2n) is 5.80. The van der Waals surface area contributed by atoms with Crippen molar-refractivity contribution in [1.82, 2.24) is 10.6 Å². The molecule has 0 spiro atoms. The van der Waals surface area contributed by atoms with Crippen molar-refractivity contribution in [3.8, 4) is 0 Å². The van der Waals surface area contributed by atoms with E-state index in [1.54, 1.807) is 0 Å². The highest BCUT2D eigenvalue weighted by Gasteiger charge is 2.39. The third kappa shape index (κ3) is 3.46. The topological polar surface area (TPSA) is 70.6 Å². The molecule has 1 amide bonds. The summed E-state index contributed by atoms with van der Waals surface area (Å²) in [5.74, 6) is -0.107. The fraction of sp³-hybridized carbons (Fsp3) is 0.929. The van der Waals surface area contributed by atoms with E-state index in [-0.39, 0.29) is 24.5 Å². The minimum absolute atomic E-state index is 0.0272. The van der Waals surface area contributed by atoms with E-state index in [1.807, 2.05) is 6.92 Å². The minimum atomic E-state index is -0.394. The van der Waals surface area contributed by atoms with Gasteiger partial charge in [0.15, 0.2) is 0 Å². The van der Waals surface area contributed by atoms with E-state index >= 15 is 0 Å². The van der Waals surface area contributed by atoms with Crippen LogP contribution in [0.5, 0.6) is 0 Å². The molecular weight excluding hydrogens is 244 g/mol. The van der Waals surface area contributed by atoms with Gasteiger partial charge in [-0.25, -0.2) is 0 Å². The van der Waals surface area contributed by atoms with Gasteiger partial charge in [-0.1, -0.05) is 26.2 Å². The molecule has 0 aromatic rings. The predicted octanol–water partition coefficient (Wildman–Crippen LogP) is 0.422. The summed E-state index contributed by atoms with van der Waals surface area (Å²) in [4.78, 5) is 12.4. The van der Waals surface area contributed by atoms with Gasteiger partial charge in [0.05, 0.1) is 31.3 Å². The molecule has 0 aromatic carbocycles. The molecular formula is C14H26N2O3. The summed E-state index contributed by atoms with van der Waals surface area (Å²) in [5, 5.41) is 16.0.